The molecule has 3 amide bonds. The lowest BCUT2D eigenvalue weighted by Crippen LogP contribution is -2.52. The second-order valence-electron chi connectivity index (χ2n) is 10.8. The van der Waals surface area contributed by atoms with E-state index in [1.165, 1.54) is 6.42 Å². The van der Waals surface area contributed by atoms with Crippen LogP contribution in [0.1, 0.15) is 76.0 Å². The quantitative estimate of drug-likeness (QED) is 0.261. The highest BCUT2D eigenvalue weighted by Crippen LogP contribution is 2.27. The van der Waals surface area contributed by atoms with Gasteiger partial charge in [-0.3, -0.25) is 9.59 Å². The molecule has 3 rings (SSSR count). The van der Waals surface area contributed by atoms with Crippen molar-refractivity contribution >= 4 is 29.5 Å². The minimum Gasteiger partial charge on any atom is -0.445 e. The van der Waals surface area contributed by atoms with Crippen molar-refractivity contribution in [3.8, 4) is 0 Å². The molecule has 8 nitrogen and oxygen atoms in total. The van der Waals surface area contributed by atoms with Crippen LogP contribution in [0.3, 0.4) is 0 Å². The molecule has 1 aliphatic rings. The molecular weight excluding hydrogens is 530 g/mol. The van der Waals surface area contributed by atoms with Gasteiger partial charge in [0.25, 0.3) is 0 Å². The van der Waals surface area contributed by atoms with Gasteiger partial charge in [-0.05, 0) is 48.9 Å². The topological polar surface area (TPSA) is 117 Å². The zero-order chi connectivity index (χ0) is 28.9. The van der Waals surface area contributed by atoms with Crippen LogP contribution in [0.4, 0.5) is 4.79 Å². The molecule has 1 saturated carbocycles. The van der Waals surface area contributed by atoms with Crippen molar-refractivity contribution in [3.05, 3.63) is 70.7 Å². The highest BCUT2D eigenvalue weighted by Gasteiger charge is 2.29. The number of amides is 3. The van der Waals surface area contributed by atoms with Crippen molar-refractivity contribution < 1.29 is 24.2 Å². The second kappa shape index (κ2) is 16.2. The average Bonchev–Trinajstić information content (AvgIpc) is 2.96. The Labute approximate surface area is 242 Å². The van der Waals surface area contributed by atoms with Crippen LogP contribution in [0.25, 0.3) is 0 Å². The highest BCUT2D eigenvalue weighted by molar-refractivity contribution is 6.30. The zero-order valence-electron chi connectivity index (χ0n) is 23.4. The summed E-state index contributed by atoms with van der Waals surface area (Å²) >= 11 is 6.01. The number of nitrogens with one attached hydrogen (secondary N) is 3. The zero-order valence-corrected chi connectivity index (χ0v) is 24.2. The third-order valence-electron chi connectivity index (χ3n) is 7.47. The van der Waals surface area contributed by atoms with E-state index in [2.05, 4.69) is 16.0 Å². The number of hydrogen-bond donors (Lipinski definition) is 4. The number of ether oxygens (including phenoxy) is 1. The molecule has 0 bridgehead atoms. The van der Waals surface area contributed by atoms with Gasteiger partial charge in [-0.25, -0.2) is 4.79 Å². The summed E-state index contributed by atoms with van der Waals surface area (Å²) < 4.78 is 5.36. The molecule has 0 heterocycles. The monoisotopic (exact) mass is 571 g/mol. The molecule has 0 aliphatic heterocycles. The minimum atomic E-state index is -0.814. The Morgan fingerprint density at radius 1 is 0.950 bits per heavy atom. The standard InChI is InChI=1S/C31H42ClN3O5/c1-21(29(37)33-22(2)25-13-7-4-8-14-25)16-27(19-36)34-30(38)28(18-23-10-5-3-6-11-23)35-31(39)40-20-24-12-9-15-26(32)17-24/h4,7-9,12-15,17,21-23,27-28,36H,3,5-6,10-11,16,18-20H2,1-2H3,(H,33,37)(H,34,38)(H,35,39)/t21?,22?,27-,28-/m0/s1. The minimum absolute atomic E-state index is 0.0253. The van der Waals surface area contributed by atoms with Crippen LogP contribution in [0.2, 0.25) is 5.02 Å². The van der Waals surface area contributed by atoms with Gasteiger partial charge < -0.3 is 25.8 Å². The van der Waals surface area contributed by atoms with Gasteiger partial charge in [0, 0.05) is 10.9 Å². The van der Waals surface area contributed by atoms with Crippen molar-refractivity contribution in [2.45, 2.75) is 83.5 Å². The summed E-state index contributed by atoms with van der Waals surface area (Å²) in [4.78, 5) is 38.8. The van der Waals surface area contributed by atoms with E-state index in [1.807, 2.05) is 37.3 Å². The van der Waals surface area contributed by atoms with Crippen LogP contribution < -0.4 is 16.0 Å². The van der Waals surface area contributed by atoms with Crippen LogP contribution >= 0.6 is 11.6 Å². The average molecular weight is 572 g/mol. The van der Waals surface area contributed by atoms with Crippen LogP contribution in [-0.4, -0.2) is 41.7 Å². The molecule has 2 unspecified atom stereocenters. The van der Waals surface area contributed by atoms with E-state index in [-0.39, 0.29) is 31.6 Å². The number of carbonyl (C=O) groups excluding carboxylic acids is 3. The fourth-order valence-electron chi connectivity index (χ4n) is 5.14. The molecule has 1 aliphatic carbocycles. The van der Waals surface area contributed by atoms with E-state index in [9.17, 15) is 19.5 Å². The molecule has 2 aromatic carbocycles. The lowest BCUT2D eigenvalue weighted by atomic mass is 9.84. The number of benzene rings is 2. The summed E-state index contributed by atoms with van der Waals surface area (Å²) in [5.41, 5.74) is 1.74. The predicted molar refractivity (Wildman–Crippen MR) is 156 cm³/mol. The molecule has 4 atom stereocenters. The fraction of sp³-hybridized carbons (Fsp3) is 0.516. The van der Waals surface area contributed by atoms with Crippen LogP contribution in [0.15, 0.2) is 54.6 Å². The molecule has 4 N–H and O–H groups in total. The van der Waals surface area contributed by atoms with Crippen molar-refractivity contribution in [2.75, 3.05) is 6.61 Å². The van der Waals surface area contributed by atoms with E-state index in [4.69, 9.17) is 16.3 Å². The summed E-state index contributed by atoms with van der Waals surface area (Å²) in [6, 6.07) is 15.1. The smallest absolute Gasteiger partial charge is 0.408 e. The maximum Gasteiger partial charge on any atom is 0.408 e. The Balaban J connectivity index is 1.57. The lowest BCUT2D eigenvalue weighted by Gasteiger charge is -2.28. The Hall–Kier alpha value is -3.10. The maximum atomic E-state index is 13.3. The number of carbonyl (C=O) groups is 3. The van der Waals surface area contributed by atoms with Crippen LogP contribution in [0.5, 0.6) is 0 Å². The first-order valence-electron chi connectivity index (χ1n) is 14.2. The summed E-state index contributed by atoms with van der Waals surface area (Å²) in [5, 5.41) is 19.1. The van der Waals surface area contributed by atoms with E-state index in [1.54, 1.807) is 31.2 Å². The van der Waals surface area contributed by atoms with E-state index >= 15 is 0 Å². The summed E-state index contributed by atoms with van der Waals surface area (Å²) in [7, 11) is 0. The Kier molecular flexibility index (Phi) is 12.8. The molecule has 0 aromatic heterocycles. The Morgan fingerprint density at radius 3 is 2.35 bits per heavy atom. The number of halogens is 1. The Morgan fingerprint density at radius 2 is 1.68 bits per heavy atom. The third-order valence-corrected chi connectivity index (χ3v) is 7.71. The predicted octanol–water partition coefficient (Wildman–Crippen LogP) is 5.29. The van der Waals surface area contributed by atoms with Crippen LogP contribution in [0, 0.1) is 11.8 Å². The molecule has 40 heavy (non-hydrogen) atoms. The molecular formula is C31H42ClN3O5. The molecule has 0 radical (unpaired) electrons. The normalized spacial score (nSPS) is 16.7. The van der Waals surface area contributed by atoms with E-state index in [0.717, 1.165) is 36.8 Å². The summed E-state index contributed by atoms with van der Waals surface area (Å²) in [6.45, 7) is 3.38. The lowest BCUT2D eigenvalue weighted by molar-refractivity contribution is -0.127. The number of alkyl carbamates (subject to hydrolysis) is 1. The van der Waals surface area contributed by atoms with Gasteiger partial charge in [0.05, 0.1) is 18.7 Å². The van der Waals surface area contributed by atoms with E-state index in [0.29, 0.717) is 17.4 Å². The van der Waals surface area contributed by atoms with Gasteiger partial charge in [-0.2, -0.15) is 0 Å². The van der Waals surface area contributed by atoms with Gasteiger partial charge >= 0.3 is 6.09 Å². The molecule has 218 valence electrons. The molecule has 0 saturated heterocycles. The van der Waals surface area contributed by atoms with Crippen molar-refractivity contribution in [3.63, 3.8) is 0 Å². The highest BCUT2D eigenvalue weighted by atomic mass is 35.5. The summed E-state index contributed by atoms with van der Waals surface area (Å²) in [6.07, 6.45) is 5.44. The summed E-state index contributed by atoms with van der Waals surface area (Å²) in [5.74, 6) is -0.689. The van der Waals surface area contributed by atoms with Crippen molar-refractivity contribution in [1.82, 2.24) is 16.0 Å². The van der Waals surface area contributed by atoms with Gasteiger partial charge in [-0.1, -0.05) is 93.1 Å². The number of hydrogen-bond acceptors (Lipinski definition) is 5. The third kappa shape index (κ3) is 10.5. The Bertz CT molecular complexity index is 1090. The number of aliphatic hydroxyl groups excluding tert-OH is 1. The number of aliphatic hydroxyl groups is 1. The maximum absolute atomic E-state index is 13.3. The largest absolute Gasteiger partial charge is 0.445 e. The molecule has 2 aromatic rings. The first-order valence-corrected chi connectivity index (χ1v) is 14.6. The molecule has 1 fully saturated rings. The van der Waals surface area contributed by atoms with Gasteiger partial charge in [-0.15, -0.1) is 0 Å². The van der Waals surface area contributed by atoms with E-state index < -0.39 is 30.0 Å². The first-order chi connectivity index (χ1) is 19.2. The van der Waals surface area contributed by atoms with Crippen molar-refractivity contribution in [1.29, 1.82) is 0 Å². The van der Waals surface area contributed by atoms with Gasteiger partial charge in [0.2, 0.25) is 11.8 Å². The first kappa shape index (κ1) is 31.4. The van der Waals surface area contributed by atoms with Crippen LogP contribution in [-0.2, 0) is 20.9 Å². The fourth-order valence-corrected chi connectivity index (χ4v) is 5.36. The molecule has 0 spiro atoms. The van der Waals surface area contributed by atoms with Gasteiger partial charge in [0.1, 0.15) is 12.6 Å². The number of rotatable bonds is 13. The SMILES string of the molecule is CC(C[C@@H](CO)NC(=O)[C@H](CC1CCCCC1)NC(=O)OCc1cccc(Cl)c1)C(=O)NC(C)c1ccccc1. The van der Waals surface area contributed by atoms with Crippen molar-refractivity contribution in [2.24, 2.45) is 11.8 Å². The second-order valence-corrected chi connectivity index (χ2v) is 11.2. The van der Waals surface area contributed by atoms with Gasteiger partial charge in [0.15, 0.2) is 0 Å². The molecule has 9 heteroatoms.